The van der Waals surface area contributed by atoms with Gasteiger partial charge in [-0.25, -0.2) is 14.5 Å². The zero-order chi connectivity index (χ0) is 20.0. The summed E-state index contributed by atoms with van der Waals surface area (Å²) in [5, 5.41) is 25.0. The van der Waals surface area contributed by atoms with Crippen LogP contribution in [0.1, 0.15) is 18.7 Å². The van der Waals surface area contributed by atoms with E-state index in [9.17, 15) is 14.8 Å². The van der Waals surface area contributed by atoms with Gasteiger partial charge in [0.2, 0.25) is 0 Å². The van der Waals surface area contributed by atoms with Crippen LogP contribution in [0.5, 0.6) is 0 Å². The molecule has 1 fully saturated rings. The quantitative estimate of drug-likeness (QED) is 0.145. The summed E-state index contributed by atoms with van der Waals surface area (Å²) in [5.74, 6) is 5.36. The molecule has 14 heteroatoms. The number of hydrogen-bond donors (Lipinski definition) is 6. The number of fused-ring (bicyclic) bond motifs is 1. The molecule has 4 atom stereocenters. The minimum atomic E-state index is -4.78. The standard InChI is InChI=1S/C13H19N6O7P/c1-13(21)9(20)7(4-25-27(22,23)24)26-12(13)19-3-6(2-18-15)8-10(14)16-5-17-11(8)19/h2-3,5,7,9,12,20-21H,4,15H2,1H3,(H2,14,16,17)(H2,22,23,24)/b18-2+/t7?,9?,12?,13-/m1/s1. The molecule has 2 aromatic heterocycles. The summed E-state index contributed by atoms with van der Waals surface area (Å²) in [6.45, 7) is 0.679. The van der Waals surface area contributed by atoms with E-state index < -0.39 is 38.5 Å². The maximum absolute atomic E-state index is 10.9. The summed E-state index contributed by atoms with van der Waals surface area (Å²) in [4.78, 5) is 25.7. The third kappa shape index (κ3) is 3.53. The molecule has 0 saturated carbocycles. The van der Waals surface area contributed by atoms with Gasteiger partial charge in [0.25, 0.3) is 0 Å². The molecule has 0 amide bonds. The van der Waals surface area contributed by atoms with Crippen LogP contribution in [0, 0.1) is 0 Å². The average molecular weight is 402 g/mol. The molecule has 0 aromatic carbocycles. The third-order valence-corrected chi connectivity index (χ3v) is 4.78. The van der Waals surface area contributed by atoms with E-state index in [1.54, 1.807) is 0 Å². The minimum Gasteiger partial charge on any atom is -0.387 e. The molecule has 2 aromatic rings. The van der Waals surface area contributed by atoms with Crippen LogP contribution in [0.2, 0.25) is 0 Å². The van der Waals surface area contributed by atoms with Gasteiger partial charge in [-0.05, 0) is 6.92 Å². The second kappa shape index (κ2) is 6.80. The van der Waals surface area contributed by atoms with E-state index in [2.05, 4.69) is 19.6 Å². The second-order valence-electron chi connectivity index (χ2n) is 6.21. The monoisotopic (exact) mass is 402 g/mol. The maximum Gasteiger partial charge on any atom is 0.469 e. The number of hydrazone groups is 1. The van der Waals surface area contributed by atoms with E-state index >= 15 is 0 Å². The molecule has 0 aliphatic carbocycles. The van der Waals surface area contributed by atoms with Gasteiger partial charge in [-0.3, -0.25) is 4.52 Å². The normalized spacial score (nSPS) is 29.1. The summed E-state index contributed by atoms with van der Waals surface area (Å²) in [6, 6.07) is 0. The first-order chi connectivity index (χ1) is 12.6. The number of nitrogens with zero attached hydrogens (tertiary/aromatic N) is 4. The van der Waals surface area contributed by atoms with Crippen molar-refractivity contribution in [3.05, 3.63) is 18.1 Å². The number of aliphatic hydroxyl groups excluding tert-OH is 1. The fraction of sp³-hybridized carbons (Fsp3) is 0.462. The lowest BCUT2D eigenvalue weighted by atomic mass is 9.96. The molecule has 13 nitrogen and oxygen atoms in total. The summed E-state index contributed by atoms with van der Waals surface area (Å²) >= 11 is 0. The molecule has 3 unspecified atom stereocenters. The molecule has 8 N–H and O–H groups in total. The Kier molecular flexibility index (Phi) is 4.94. The Balaban J connectivity index is 2.03. The third-order valence-electron chi connectivity index (χ3n) is 4.30. The van der Waals surface area contributed by atoms with Gasteiger partial charge in [0.15, 0.2) is 6.23 Å². The molecule has 27 heavy (non-hydrogen) atoms. The Hall–Kier alpha value is -2.12. The molecule has 0 spiro atoms. The molecule has 1 aliphatic rings. The molecule has 0 radical (unpaired) electrons. The highest BCUT2D eigenvalue weighted by molar-refractivity contribution is 7.46. The van der Waals surface area contributed by atoms with Gasteiger partial charge < -0.3 is 40.9 Å². The van der Waals surface area contributed by atoms with Gasteiger partial charge in [0, 0.05) is 11.8 Å². The predicted octanol–water partition coefficient (Wildman–Crippen LogP) is -1.58. The number of phosphoric ester groups is 1. The van der Waals surface area contributed by atoms with Crippen LogP contribution in [0.25, 0.3) is 11.0 Å². The van der Waals surface area contributed by atoms with Crippen LogP contribution < -0.4 is 11.6 Å². The smallest absolute Gasteiger partial charge is 0.387 e. The summed E-state index contributed by atoms with van der Waals surface area (Å²) in [7, 11) is -4.78. The molecule has 3 heterocycles. The van der Waals surface area contributed by atoms with Gasteiger partial charge >= 0.3 is 7.82 Å². The van der Waals surface area contributed by atoms with Crippen molar-refractivity contribution >= 4 is 30.9 Å². The number of nitrogen functional groups attached to an aromatic ring is 1. The van der Waals surface area contributed by atoms with Crippen LogP contribution in [-0.2, 0) is 13.8 Å². The number of aliphatic hydroxyl groups is 2. The molecular weight excluding hydrogens is 383 g/mol. The van der Waals surface area contributed by atoms with Crippen molar-refractivity contribution < 1.29 is 33.8 Å². The van der Waals surface area contributed by atoms with Crippen molar-refractivity contribution in [2.24, 2.45) is 10.9 Å². The topological polar surface area (TPSA) is 212 Å². The van der Waals surface area contributed by atoms with E-state index in [-0.39, 0.29) is 11.5 Å². The number of hydrogen-bond acceptors (Lipinski definition) is 10. The second-order valence-corrected chi connectivity index (χ2v) is 7.45. The first-order valence-electron chi connectivity index (χ1n) is 7.66. The van der Waals surface area contributed by atoms with Gasteiger partial charge in [-0.2, -0.15) is 5.10 Å². The van der Waals surface area contributed by atoms with Gasteiger partial charge in [-0.1, -0.05) is 0 Å². The fourth-order valence-electron chi connectivity index (χ4n) is 3.04. The highest BCUT2D eigenvalue weighted by atomic mass is 31.2. The van der Waals surface area contributed by atoms with Crippen LogP contribution in [0.4, 0.5) is 5.82 Å². The fourth-order valence-corrected chi connectivity index (χ4v) is 3.38. The highest BCUT2D eigenvalue weighted by Gasteiger charge is 2.54. The van der Waals surface area contributed by atoms with E-state index in [1.165, 1.54) is 30.2 Å². The zero-order valence-corrected chi connectivity index (χ0v) is 15.0. The molecule has 1 saturated heterocycles. The maximum atomic E-state index is 10.9. The summed E-state index contributed by atoms with van der Waals surface area (Å²) in [6.07, 6.45) is 0.149. The van der Waals surface area contributed by atoms with Gasteiger partial charge in [-0.15, -0.1) is 0 Å². The molecule has 0 bridgehead atoms. The average Bonchev–Trinajstić information content (AvgIpc) is 3.03. The van der Waals surface area contributed by atoms with Crippen molar-refractivity contribution in [3.8, 4) is 0 Å². The Labute approximate surface area is 152 Å². The number of aromatic nitrogens is 3. The number of phosphoric acid groups is 1. The van der Waals surface area contributed by atoms with Crippen LogP contribution >= 0.6 is 7.82 Å². The van der Waals surface area contributed by atoms with E-state index in [4.69, 9.17) is 26.1 Å². The molecule has 148 valence electrons. The van der Waals surface area contributed by atoms with Crippen LogP contribution in [-0.4, -0.2) is 65.2 Å². The Bertz CT molecular complexity index is 925. The van der Waals surface area contributed by atoms with E-state index in [0.29, 0.717) is 10.9 Å². The Morgan fingerprint density at radius 2 is 2.22 bits per heavy atom. The van der Waals surface area contributed by atoms with Crippen LogP contribution in [0.3, 0.4) is 0 Å². The Morgan fingerprint density at radius 3 is 2.85 bits per heavy atom. The number of nitrogens with two attached hydrogens (primary N) is 2. The van der Waals surface area contributed by atoms with Crippen molar-refractivity contribution in [3.63, 3.8) is 0 Å². The molecule has 3 rings (SSSR count). The largest absolute Gasteiger partial charge is 0.469 e. The Morgan fingerprint density at radius 1 is 1.52 bits per heavy atom. The van der Waals surface area contributed by atoms with Gasteiger partial charge in [0.05, 0.1) is 18.2 Å². The zero-order valence-electron chi connectivity index (χ0n) is 14.1. The minimum absolute atomic E-state index is 0.147. The van der Waals surface area contributed by atoms with Crippen LogP contribution in [0.15, 0.2) is 17.6 Å². The number of rotatable bonds is 5. The number of ether oxygens (including phenoxy) is 1. The first kappa shape index (κ1) is 19.6. The van der Waals surface area contributed by atoms with E-state index in [0.717, 1.165) is 0 Å². The highest BCUT2D eigenvalue weighted by Crippen LogP contribution is 2.43. The SMILES string of the molecule is C[C@@]1(O)C(O)C(COP(=O)(O)O)OC1n1cc(/C=N/N)c2c(N)ncnc21. The molecule has 1 aliphatic heterocycles. The predicted molar refractivity (Wildman–Crippen MR) is 92.3 cm³/mol. The first-order valence-corrected chi connectivity index (χ1v) is 9.19. The number of anilines is 1. The van der Waals surface area contributed by atoms with Gasteiger partial charge in [0.1, 0.15) is 35.6 Å². The summed E-state index contributed by atoms with van der Waals surface area (Å²) < 4.78 is 22.3. The summed E-state index contributed by atoms with van der Waals surface area (Å²) in [5.41, 5.74) is 4.79. The van der Waals surface area contributed by atoms with E-state index in [1.807, 2.05) is 0 Å². The lowest BCUT2D eigenvalue weighted by Gasteiger charge is -2.27. The van der Waals surface area contributed by atoms with Crippen molar-refractivity contribution in [1.29, 1.82) is 0 Å². The lowest BCUT2D eigenvalue weighted by molar-refractivity contribution is -0.0947. The lowest BCUT2D eigenvalue weighted by Crippen LogP contribution is -2.44. The van der Waals surface area contributed by atoms with Crippen molar-refractivity contribution in [2.75, 3.05) is 12.3 Å². The van der Waals surface area contributed by atoms with Crippen molar-refractivity contribution in [1.82, 2.24) is 14.5 Å². The molecular formula is C13H19N6O7P. The van der Waals surface area contributed by atoms with Crippen molar-refractivity contribution in [2.45, 2.75) is 31.0 Å².